The summed E-state index contributed by atoms with van der Waals surface area (Å²) in [6.45, 7) is 7.41. The predicted octanol–water partition coefficient (Wildman–Crippen LogP) is 6.54. The van der Waals surface area contributed by atoms with Crippen LogP contribution in [-0.2, 0) is 9.59 Å². The minimum absolute atomic E-state index is 0.103. The highest BCUT2D eigenvalue weighted by Crippen LogP contribution is 2.59. The molecule has 6 rings (SSSR count). The van der Waals surface area contributed by atoms with Gasteiger partial charge in [0, 0.05) is 48.0 Å². The fraction of sp³-hybridized carbons (Fsp3) is 0.600. The van der Waals surface area contributed by atoms with Gasteiger partial charge in [-0.15, -0.1) is 0 Å². The number of aryl methyl sites for hydroxylation is 1. The van der Waals surface area contributed by atoms with Crippen molar-refractivity contribution in [2.75, 3.05) is 26.7 Å². The van der Waals surface area contributed by atoms with Crippen LogP contribution >= 0.6 is 0 Å². The number of nitrogens with zero attached hydrogens (tertiary/aromatic N) is 3. The van der Waals surface area contributed by atoms with Crippen LogP contribution in [0.4, 0.5) is 0 Å². The highest BCUT2D eigenvalue weighted by atomic mass is 16.5. The van der Waals surface area contributed by atoms with E-state index in [4.69, 9.17) is 9.72 Å². The van der Waals surface area contributed by atoms with E-state index in [1.807, 2.05) is 32.2 Å². The molecule has 2 N–H and O–H groups in total. The first-order valence-corrected chi connectivity index (χ1v) is 16.4. The van der Waals surface area contributed by atoms with Crippen molar-refractivity contribution < 1.29 is 14.3 Å². The van der Waals surface area contributed by atoms with Crippen LogP contribution in [0.15, 0.2) is 30.5 Å². The number of H-pyrrole nitrogens is 1. The summed E-state index contributed by atoms with van der Waals surface area (Å²) in [5.41, 5.74) is 3.82. The lowest BCUT2D eigenvalue weighted by Crippen LogP contribution is -2.38. The quantitative estimate of drug-likeness (QED) is 0.208. The van der Waals surface area contributed by atoms with Crippen LogP contribution in [0.2, 0.25) is 0 Å². The number of Topliss-reactive ketones (excluding diaryl/α,β-unsaturated/α-hetero) is 1. The first kappa shape index (κ1) is 29.8. The third kappa shape index (κ3) is 6.95. The largest absolute Gasteiger partial charge is 0.496 e. The minimum atomic E-state index is -0.202. The number of likely N-dealkylation sites (tertiary alicyclic amines) is 1. The summed E-state index contributed by atoms with van der Waals surface area (Å²) in [5.74, 6) is 3.01. The molecule has 2 saturated carbocycles. The molecule has 1 aliphatic heterocycles. The molecule has 43 heavy (non-hydrogen) atoms. The predicted molar refractivity (Wildman–Crippen MR) is 169 cm³/mol. The first-order chi connectivity index (χ1) is 20.9. The summed E-state index contributed by atoms with van der Waals surface area (Å²) in [6.07, 6.45) is 12.7. The Morgan fingerprint density at radius 3 is 2.72 bits per heavy atom. The minimum Gasteiger partial charge on any atom is -0.496 e. The van der Waals surface area contributed by atoms with Crippen LogP contribution in [0.1, 0.15) is 95.1 Å². The number of carbonyl (C=O) groups excluding carboxylic acids is 2. The molecule has 3 fully saturated rings. The summed E-state index contributed by atoms with van der Waals surface area (Å²) in [7, 11) is 1.67. The number of nitrogens with one attached hydrogen (secondary N) is 2. The van der Waals surface area contributed by atoms with Crippen molar-refractivity contribution in [1.82, 2.24) is 25.2 Å². The Morgan fingerprint density at radius 2 is 1.98 bits per heavy atom. The van der Waals surface area contributed by atoms with Crippen molar-refractivity contribution >= 4 is 22.6 Å². The van der Waals surface area contributed by atoms with Crippen molar-refractivity contribution in [3.8, 4) is 17.0 Å². The number of ether oxygens (including phenoxy) is 1. The number of unbranched alkanes of at least 4 members (excludes halogenated alkanes) is 2. The standard InChI is InChI=1S/C35H47N5O3/c1-4-26(41)8-6-5-7-9-29(39-34(42)28-20-35(28)14-16-40(17-15-35)22-24-11-12-24)33-36-21-31(38-33)27-18-25-13-10-23(2)37-30(25)19-32(27)43-3/h10,13,18-19,21,24,28-29H,4-9,11-12,14-17,20,22H2,1-3H3,(H,36,38)(H,39,42)/t28-,29+/m1/s1. The summed E-state index contributed by atoms with van der Waals surface area (Å²) in [4.78, 5) is 41.0. The zero-order valence-corrected chi connectivity index (χ0v) is 26.1. The number of ketones is 1. The number of rotatable bonds is 14. The number of aromatic nitrogens is 3. The van der Waals surface area contributed by atoms with Gasteiger partial charge in [0.1, 0.15) is 17.4 Å². The van der Waals surface area contributed by atoms with E-state index in [-0.39, 0.29) is 23.3 Å². The van der Waals surface area contributed by atoms with E-state index in [2.05, 4.69) is 32.3 Å². The van der Waals surface area contributed by atoms with E-state index in [9.17, 15) is 9.59 Å². The number of aromatic amines is 1. The second-order valence-electron chi connectivity index (χ2n) is 13.3. The van der Waals surface area contributed by atoms with Gasteiger partial charge in [-0.2, -0.15) is 0 Å². The van der Waals surface area contributed by atoms with Gasteiger partial charge in [0.05, 0.1) is 30.6 Å². The van der Waals surface area contributed by atoms with E-state index in [1.54, 1.807) is 7.11 Å². The van der Waals surface area contributed by atoms with Crippen molar-refractivity contribution in [3.63, 3.8) is 0 Å². The SMILES string of the molecule is CCC(=O)CCCCC[C@H](NC(=O)[C@H]1CC12CCN(CC1CC1)CC2)c1ncc(-c2cc3ccc(C)nc3cc2OC)[nH]1. The van der Waals surface area contributed by atoms with Crippen LogP contribution in [0.3, 0.4) is 0 Å². The van der Waals surface area contributed by atoms with Crippen LogP contribution in [0, 0.1) is 24.2 Å². The molecule has 1 aromatic carbocycles. The molecule has 1 saturated heterocycles. The molecule has 1 spiro atoms. The number of carbonyl (C=O) groups is 2. The summed E-state index contributed by atoms with van der Waals surface area (Å²) in [6, 6.07) is 7.94. The number of methoxy groups -OCH3 is 1. The molecule has 2 atom stereocenters. The third-order valence-electron chi connectivity index (χ3n) is 10.1. The maximum absolute atomic E-state index is 13.7. The Kier molecular flexibility index (Phi) is 8.85. The lowest BCUT2D eigenvalue weighted by atomic mass is 9.90. The monoisotopic (exact) mass is 585 g/mol. The fourth-order valence-corrected chi connectivity index (χ4v) is 6.97. The maximum atomic E-state index is 13.7. The second-order valence-corrected chi connectivity index (χ2v) is 13.3. The Hall–Kier alpha value is -3.26. The molecule has 230 valence electrons. The van der Waals surface area contributed by atoms with Gasteiger partial charge >= 0.3 is 0 Å². The average Bonchev–Trinajstić information content (AvgIpc) is 3.92. The molecule has 0 radical (unpaired) electrons. The van der Waals surface area contributed by atoms with Crippen LogP contribution in [0.5, 0.6) is 5.75 Å². The number of fused-ring (bicyclic) bond motifs is 1. The van der Waals surface area contributed by atoms with Crippen molar-refractivity contribution in [2.45, 2.75) is 90.5 Å². The molecule has 2 aromatic heterocycles. The topological polar surface area (TPSA) is 100 Å². The van der Waals surface area contributed by atoms with E-state index in [1.165, 1.54) is 19.4 Å². The average molecular weight is 586 g/mol. The van der Waals surface area contributed by atoms with E-state index in [0.29, 0.717) is 18.6 Å². The van der Waals surface area contributed by atoms with Crippen molar-refractivity contribution in [2.24, 2.45) is 17.3 Å². The number of pyridine rings is 1. The third-order valence-corrected chi connectivity index (χ3v) is 10.1. The number of hydrogen-bond donors (Lipinski definition) is 2. The first-order valence-electron chi connectivity index (χ1n) is 16.4. The van der Waals surface area contributed by atoms with Gasteiger partial charge < -0.3 is 19.9 Å². The van der Waals surface area contributed by atoms with Gasteiger partial charge in [0.25, 0.3) is 0 Å². The zero-order valence-electron chi connectivity index (χ0n) is 26.1. The van der Waals surface area contributed by atoms with Gasteiger partial charge in [-0.05, 0) is 88.4 Å². The van der Waals surface area contributed by atoms with Crippen LogP contribution < -0.4 is 10.1 Å². The molecule has 3 aromatic rings. The normalized spacial score (nSPS) is 20.3. The molecular formula is C35H47N5O3. The Morgan fingerprint density at radius 1 is 1.16 bits per heavy atom. The molecular weight excluding hydrogens is 538 g/mol. The number of piperidine rings is 1. The molecule has 3 aliphatic rings. The smallest absolute Gasteiger partial charge is 0.224 e. The van der Waals surface area contributed by atoms with Crippen LogP contribution in [0.25, 0.3) is 22.2 Å². The van der Waals surface area contributed by atoms with Crippen molar-refractivity contribution in [3.05, 3.63) is 42.0 Å². The lowest BCUT2D eigenvalue weighted by Gasteiger charge is -2.33. The Labute approximate surface area is 255 Å². The van der Waals surface area contributed by atoms with Gasteiger partial charge in [-0.1, -0.05) is 25.8 Å². The van der Waals surface area contributed by atoms with Gasteiger partial charge in [0.2, 0.25) is 5.91 Å². The Bertz CT molecular complexity index is 1450. The number of imidazole rings is 1. The molecule has 0 bridgehead atoms. The van der Waals surface area contributed by atoms with E-state index < -0.39 is 0 Å². The molecule has 8 nitrogen and oxygen atoms in total. The van der Waals surface area contributed by atoms with Gasteiger partial charge in [0.15, 0.2) is 0 Å². The van der Waals surface area contributed by atoms with E-state index >= 15 is 0 Å². The summed E-state index contributed by atoms with van der Waals surface area (Å²) < 4.78 is 5.75. The molecule has 0 unspecified atom stereocenters. The summed E-state index contributed by atoms with van der Waals surface area (Å²) in [5, 5.41) is 4.44. The zero-order chi connectivity index (χ0) is 30.0. The number of hydrogen-bond acceptors (Lipinski definition) is 6. The molecule has 8 heteroatoms. The van der Waals surface area contributed by atoms with Gasteiger partial charge in [-0.25, -0.2) is 4.98 Å². The number of amides is 1. The molecule has 3 heterocycles. The maximum Gasteiger partial charge on any atom is 0.224 e. The van der Waals surface area contributed by atoms with Gasteiger partial charge in [-0.3, -0.25) is 14.6 Å². The second kappa shape index (κ2) is 12.8. The Balaban J connectivity index is 1.15. The highest BCUT2D eigenvalue weighted by molar-refractivity contribution is 5.87. The molecule has 2 aliphatic carbocycles. The van der Waals surface area contributed by atoms with Crippen LogP contribution in [-0.4, -0.2) is 58.3 Å². The summed E-state index contributed by atoms with van der Waals surface area (Å²) >= 11 is 0. The fourth-order valence-electron chi connectivity index (χ4n) is 6.97. The van der Waals surface area contributed by atoms with Crippen molar-refractivity contribution in [1.29, 1.82) is 0 Å². The highest BCUT2D eigenvalue weighted by Gasteiger charge is 2.58. The lowest BCUT2D eigenvalue weighted by molar-refractivity contribution is -0.124. The molecule has 1 amide bonds. The number of benzene rings is 1. The van der Waals surface area contributed by atoms with E-state index in [0.717, 1.165) is 103 Å².